The van der Waals surface area contributed by atoms with Crippen LogP contribution in [0.25, 0.3) is 0 Å². The van der Waals surface area contributed by atoms with Gasteiger partial charge in [-0.1, -0.05) is 85.0 Å². The lowest BCUT2D eigenvalue weighted by molar-refractivity contribution is -0.00525. The zero-order valence-corrected chi connectivity index (χ0v) is 15.8. The minimum Gasteiger partial charge on any atom is -0.390 e. The van der Waals surface area contributed by atoms with Crippen molar-refractivity contribution in [3.05, 3.63) is 96.1 Å². The molecule has 0 saturated heterocycles. The van der Waals surface area contributed by atoms with E-state index in [1.807, 2.05) is 48.6 Å². The first kappa shape index (κ1) is 21.1. The lowest BCUT2D eigenvalue weighted by Gasteiger charge is -2.12. The van der Waals surface area contributed by atoms with E-state index < -0.39 is 12.2 Å². The largest absolute Gasteiger partial charge is 0.390 e. The van der Waals surface area contributed by atoms with E-state index in [1.54, 1.807) is 0 Å². The highest BCUT2D eigenvalue weighted by molar-refractivity contribution is 5.18. The van der Waals surface area contributed by atoms with Crippen molar-refractivity contribution in [2.45, 2.75) is 37.9 Å². The third-order valence-corrected chi connectivity index (χ3v) is 4.16. The number of hydrogen-bond acceptors (Lipinski definition) is 3. The molecule has 0 saturated carbocycles. The van der Waals surface area contributed by atoms with Gasteiger partial charge in [0.15, 0.2) is 0 Å². The average Bonchev–Trinajstić information content (AvgIpc) is 2.70. The van der Waals surface area contributed by atoms with Gasteiger partial charge in [-0.05, 0) is 36.8 Å². The molecule has 0 aliphatic heterocycles. The Bertz CT molecular complexity index is 605. The van der Waals surface area contributed by atoms with Crippen molar-refractivity contribution in [3.63, 3.8) is 0 Å². The predicted molar refractivity (Wildman–Crippen MR) is 111 cm³/mol. The van der Waals surface area contributed by atoms with Crippen LogP contribution in [0, 0.1) is 0 Å². The first-order valence-electron chi connectivity index (χ1n) is 9.55. The molecule has 2 rings (SSSR count). The Kier molecular flexibility index (Phi) is 10.2. The highest BCUT2D eigenvalue weighted by Gasteiger charge is 2.05. The highest BCUT2D eigenvalue weighted by Crippen LogP contribution is 2.04. The molecule has 0 heterocycles. The van der Waals surface area contributed by atoms with Crippen molar-refractivity contribution in [2.75, 3.05) is 13.2 Å². The third kappa shape index (κ3) is 9.90. The van der Waals surface area contributed by atoms with Crippen LogP contribution in [0.1, 0.15) is 24.0 Å². The van der Waals surface area contributed by atoms with Gasteiger partial charge in [-0.15, -0.1) is 0 Å². The number of aliphatic hydroxyl groups is 2. The number of benzene rings is 2. The van der Waals surface area contributed by atoms with Gasteiger partial charge in [-0.2, -0.15) is 0 Å². The molecule has 3 nitrogen and oxygen atoms in total. The van der Waals surface area contributed by atoms with Crippen molar-refractivity contribution in [3.8, 4) is 0 Å². The van der Waals surface area contributed by atoms with Gasteiger partial charge in [0, 0.05) is 0 Å². The summed E-state index contributed by atoms with van der Waals surface area (Å²) in [5.41, 5.74) is 2.51. The van der Waals surface area contributed by atoms with Gasteiger partial charge in [0.05, 0.1) is 25.4 Å². The van der Waals surface area contributed by atoms with Gasteiger partial charge in [-0.25, -0.2) is 0 Å². The monoisotopic (exact) mass is 366 g/mol. The number of ether oxygens (including phenoxy) is 1. The Balaban J connectivity index is 1.51. The van der Waals surface area contributed by atoms with Crippen LogP contribution in [0.4, 0.5) is 0 Å². The Morgan fingerprint density at radius 2 is 1.04 bits per heavy atom. The van der Waals surface area contributed by atoms with E-state index in [0.717, 1.165) is 12.8 Å². The van der Waals surface area contributed by atoms with Crippen molar-refractivity contribution >= 4 is 0 Å². The Morgan fingerprint density at radius 3 is 1.44 bits per heavy atom. The quantitative estimate of drug-likeness (QED) is 0.556. The Morgan fingerprint density at radius 1 is 0.630 bits per heavy atom. The molecule has 2 aromatic carbocycles. The zero-order valence-electron chi connectivity index (χ0n) is 15.8. The lowest BCUT2D eigenvalue weighted by Crippen LogP contribution is -2.20. The molecule has 144 valence electrons. The second-order valence-electron chi connectivity index (χ2n) is 6.64. The lowest BCUT2D eigenvalue weighted by atomic mass is 10.1. The maximum absolute atomic E-state index is 9.93. The molecule has 0 amide bonds. The van der Waals surface area contributed by atoms with Crippen LogP contribution in [-0.4, -0.2) is 35.6 Å². The van der Waals surface area contributed by atoms with Crippen LogP contribution in [0.2, 0.25) is 0 Å². The van der Waals surface area contributed by atoms with Gasteiger partial charge in [0.2, 0.25) is 0 Å². The summed E-state index contributed by atoms with van der Waals surface area (Å²) in [5, 5.41) is 19.9. The summed E-state index contributed by atoms with van der Waals surface area (Å²) in [5.74, 6) is 0. The summed E-state index contributed by atoms with van der Waals surface area (Å²) in [7, 11) is 0. The summed E-state index contributed by atoms with van der Waals surface area (Å²) in [6.45, 7) is 0.473. The Hall–Kier alpha value is -2.20. The van der Waals surface area contributed by atoms with E-state index >= 15 is 0 Å². The summed E-state index contributed by atoms with van der Waals surface area (Å²) in [6, 6.07) is 20.4. The highest BCUT2D eigenvalue weighted by atomic mass is 16.5. The van der Waals surface area contributed by atoms with E-state index in [1.165, 1.54) is 11.1 Å². The molecular weight excluding hydrogens is 336 g/mol. The molecule has 3 heteroatoms. The Labute approximate surface area is 162 Å². The van der Waals surface area contributed by atoms with Crippen LogP contribution >= 0.6 is 0 Å². The summed E-state index contributed by atoms with van der Waals surface area (Å²) in [6.07, 6.45) is 9.82. The van der Waals surface area contributed by atoms with Crippen LogP contribution in [0.3, 0.4) is 0 Å². The fourth-order valence-electron chi connectivity index (χ4n) is 2.65. The van der Waals surface area contributed by atoms with Crippen molar-refractivity contribution in [1.82, 2.24) is 0 Å². The van der Waals surface area contributed by atoms with Crippen LogP contribution < -0.4 is 0 Å². The molecule has 0 bridgehead atoms. The fraction of sp³-hybridized carbons (Fsp3) is 0.333. The van der Waals surface area contributed by atoms with Crippen LogP contribution in [0.5, 0.6) is 0 Å². The summed E-state index contributed by atoms with van der Waals surface area (Å²) in [4.78, 5) is 0. The van der Waals surface area contributed by atoms with Gasteiger partial charge in [-0.3, -0.25) is 0 Å². The van der Waals surface area contributed by atoms with Crippen LogP contribution in [-0.2, 0) is 17.6 Å². The molecule has 0 aliphatic carbocycles. The van der Waals surface area contributed by atoms with E-state index in [-0.39, 0.29) is 13.2 Å². The normalized spacial score (nSPS) is 14.0. The first-order valence-corrected chi connectivity index (χ1v) is 9.55. The maximum atomic E-state index is 9.93. The third-order valence-electron chi connectivity index (χ3n) is 4.16. The van der Waals surface area contributed by atoms with Crippen molar-refractivity contribution in [1.29, 1.82) is 0 Å². The molecule has 0 fully saturated rings. The van der Waals surface area contributed by atoms with E-state index in [0.29, 0.717) is 12.8 Å². The molecular formula is C24H30O3. The van der Waals surface area contributed by atoms with Gasteiger partial charge < -0.3 is 14.9 Å². The average molecular weight is 367 g/mol. The first-order chi connectivity index (χ1) is 13.2. The van der Waals surface area contributed by atoms with E-state index in [2.05, 4.69) is 36.4 Å². The SMILES string of the molecule is OC(CC=CCc1ccccc1)COCC(O)CC=CCc1ccccc1. The summed E-state index contributed by atoms with van der Waals surface area (Å²) < 4.78 is 5.42. The van der Waals surface area contributed by atoms with E-state index in [4.69, 9.17) is 4.74 Å². The fourth-order valence-corrected chi connectivity index (χ4v) is 2.65. The molecule has 2 unspecified atom stereocenters. The van der Waals surface area contributed by atoms with Gasteiger partial charge in [0.25, 0.3) is 0 Å². The second-order valence-corrected chi connectivity index (χ2v) is 6.64. The van der Waals surface area contributed by atoms with Crippen molar-refractivity contribution < 1.29 is 14.9 Å². The smallest absolute Gasteiger partial charge is 0.0808 e. The zero-order chi connectivity index (χ0) is 19.2. The molecule has 2 aromatic rings. The number of aliphatic hydroxyl groups excluding tert-OH is 2. The van der Waals surface area contributed by atoms with Crippen LogP contribution in [0.15, 0.2) is 85.0 Å². The van der Waals surface area contributed by atoms with Gasteiger partial charge in [0.1, 0.15) is 0 Å². The molecule has 2 N–H and O–H groups in total. The molecule has 0 aromatic heterocycles. The minimum atomic E-state index is -0.544. The van der Waals surface area contributed by atoms with Crippen molar-refractivity contribution in [2.24, 2.45) is 0 Å². The number of rotatable bonds is 12. The molecule has 27 heavy (non-hydrogen) atoms. The molecule has 0 aliphatic rings. The number of allylic oxidation sites excluding steroid dienone is 2. The summed E-state index contributed by atoms with van der Waals surface area (Å²) >= 11 is 0. The molecule has 2 atom stereocenters. The van der Waals surface area contributed by atoms with E-state index in [9.17, 15) is 10.2 Å². The topological polar surface area (TPSA) is 49.7 Å². The standard InChI is InChI=1S/C24H30O3/c25-23(17-9-7-15-21-11-3-1-4-12-21)19-27-20-24(26)18-10-8-16-22-13-5-2-6-14-22/h1-14,23-26H,15-20H2. The second kappa shape index (κ2) is 13.0. The molecule has 0 radical (unpaired) electrons. The maximum Gasteiger partial charge on any atom is 0.0808 e. The molecule has 0 spiro atoms. The minimum absolute atomic E-state index is 0.237. The predicted octanol–water partition coefficient (Wildman–Crippen LogP) is 4.10. The number of hydrogen-bond donors (Lipinski definition) is 2. The van der Waals surface area contributed by atoms with Gasteiger partial charge >= 0.3 is 0 Å².